The maximum atomic E-state index is 12.6. The molecule has 0 aliphatic rings. The third kappa shape index (κ3) is 8.70. The smallest absolute Gasteiger partial charge is 0.271 e. The molecule has 1 aromatic heterocycles. The van der Waals surface area contributed by atoms with Crippen LogP contribution in [0.25, 0.3) is 11.3 Å². The maximum Gasteiger partial charge on any atom is 0.271 e. The first kappa shape index (κ1) is 31.3. The monoisotopic (exact) mass is 621 g/mol. The van der Waals surface area contributed by atoms with Crippen molar-refractivity contribution >= 4 is 23.5 Å². The van der Waals surface area contributed by atoms with Crippen LogP contribution in [0.3, 0.4) is 0 Å². The SMILES string of the molecule is CCOc1cc(/C=N/NC(=O)c2ccc(-c3csc(C)n3)cc2)ccc1OCc1ccc(OCc2ccccc2)c(OCC)c1. The van der Waals surface area contributed by atoms with E-state index in [1.807, 2.05) is 105 Å². The number of amides is 1. The second-order valence-electron chi connectivity index (χ2n) is 9.94. The van der Waals surface area contributed by atoms with Gasteiger partial charge < -0.3 is 18.9 Å². The lowest BCUT2D eigenvalue weighted by Gasteiger charge is -2.15. The summed E-state index contributed by atoms with van der Waals surface area (Å²) < 4.78 is 23.9. The van der Waals surface area contributed by atoms with Crippen LogP contribution in [0.15, 0.2) is 101 Å². The Balaban J connectivity index is 1.19. The van der Waals surface area contributed by atoms with Crippen molar-refractivity contribution in [3.8, 4) is 34.3 Å². The Kier molecular flexibility index (Phi) is 10.8. The van der Waals surface area contributed by atoms with Crippen molar-refractivity contribution in [2.45, 2.75) is 34.0 Å². The Morgan fingerprint density at radius 1 is 0.778 bits per heavy atom. The van der Waals surface area contributed by atoms with Crippen molar-refractivity contribution in [1.29, 1.82) is 0 Å². The molecule has 8 nitrogen and oxygen atoms in total. The highest BCUT2D eigenvalue weighted by Crippen LogP contribution is 2.32. The molecule has 0 saturated heterocycles. The average molecular weight is 622 g/mol. The molecule has 1 heterocycles. The average Bonchev–Trinajstić information content (AvgIpc) is 3.51. The van der Waals surface area contributed by atoms with E-state index in [-0.39, 0.29) is 5.91 Å². The minimum Gasteiger partial charge on any atom is -0.490 e. The molecule has 9 heteroatoms. The molecule has 5 aromatic rings. The van der Waals surface area contributed by atoms with Crippen molar-refractivity contribution in [3.63, 3.8) is 0 Å². The Morgan fingerprint density at radius 2 is 1.44 bits per heavy atom. The van der Waals surface area contributed by atoms with Crippen LogP contribution in [-0.4, -0.2) is 30.3 Å². The van der Waals surface area contributed by atoms with E-state index >= 15 is 0 Å². The first-order valence-electron chi connectivity index (χ1n) is 14.7. The molecule has 0 spiro atoms. The molecule has 1 N–H and O–H groups in total. The number of ether oxygens (including phenoxy) is 4. The second kappa shape index (κ2) is 15.5. The van der Waals surface area contributed by atoms with Gasteiger partial charge in [0.05, 0.1) is 30.1 Å². The fourth-order valence-electron chi connectivity index (χ4n) is 4.44. The standard InChI is InChI=1S/C36H35N3O5S/c1-4-41-34-19-27(21-37-39-36(40)30-15-13-29(14-16-30)31-24-45-25(3)38-31)11-17-32(34)44-23-28-12-18-33(35(20-28)42-5-2)43-22-26-9-7-6-8-10-26/h6-21,24H,4-5,22-23H2,1-3H3,(H,39,40)/b37-21+. The number of thiazole rings is 1. The van der Waals surface area contributed by atoms with Gasteiger partial charge in [0.1, 0.15) is 13.2 Å². The Labute approximate surface area is 267 Å². The molecule has 45 heavy (non-hydrogen) atoms. The number of hydrazone groups is 1. The van der Waals surface area contributed by atoms with Crippen LogP contribution in [0, 0.1) is 6.92 Å². The third-order valence-corrected chi connectivity index (χ3v) is 7.42. The summed E-state index contributed by atoms with van der Waals surface area (Å²) in [6, 6.07) is 28.6. The van der Waals surface area contributed by atoms with Crippen LogP contribution < -0.4 is 24.4 Å². The van der Waals surface area contributed by atoms with Gasteiger partial charge in [-0.1, -0.05) is 48.5 Å². The van der Waals surface area contributed by atoms with Gasteiger partial charge in [0.25, 0.3) is 5.91 Å². The van der Waals surface area contributed by atoms with Gasteiger partial charge in [0, 0.05) is 16.5 Å². The summed E-state index contributed by atoms with van der Waals surface area (Å²) in [7, 11) is 0. The Hall–Kier alpha value is -5.15. The predicted octanol–water partition coefficient (Wildman–Crippen LogP) is 7.84. The van der Waals surface area contributed by atoms with Gasteiger partial charge in [-0.3, -0.25) is 4.79 Å². The topological polar surface area (TPSA) is 91.3 Å². The quantitative estimate of drug-likeness (QED) is 0.100. The highest BCUT2D eigenvalue weighted by Gasteiger charge is 2.11. The Bertz CT molecular complexity index is 1740. The van der Waals surface area contributed by atoms with Gasteiger partial charge in [0.15, 0.2) is 23.0 Å². The number of hydrogen-bond acceptors (Lipinski definition) is 8. The van der Waals surface area contributed by atoms with Crippen molar-refractivity contribution < 1.29 is 23.7 Å². The number of carbonyl (C=O) groups is 1. The molecule has 230 valence electrons. The number of nitrogens with one attached hydrogen (secondary N) is 1. The number of nitrogens with zero attached hydrogens (tertiary/aromatic N) is 2. The lowest BCUT2D eigenvalue weighted by atomic mass is 10.1. The number of hydrogen-bond donors (Lipinski definition) is 1. The van der Waals surface area contributed by atoms with Gasteiger partial charge in [-0.25, -0.2) is 10.4 Å². The summed E-state index contributed by atoms with van der Waals surface area (Å²) in [5.74, 6) is 2.21. The zero-order valence-corrected chi connectivity index (χ0v) is 26.3. The normalized spacial score (nSPS) is 10.9. The molecule has 0 radical (unpaired) electrons. The van der Waals surface area contributed by atoms with E-state index in [1.54, 1.807) is 29.7 Å². The van der Waals surface area contributed by atoms with E-state index in [0.717, 1.165) is 33.0 Å². The van der Waals surface area contributed by atoms with Gasteiger partial charge >= 0.3 is 0 Å². The van der Waals surface area contributed by atoms with Crippen molar-refractivity contribution in [2.75, 3.05) is 13.2 Å². The zero-order valence-electron chi connectivity index (χ0n) is 25.5. The van der Waals surface area contributed by atoms with E-state index in [0.29, 0.717) is 55.0 Å². The predicted molar refractivity (Wildman–Crippen MR) is 178 cm³/mol. The van der Waals surface area contributed by atoms with E-state index in [2.05, 4.69) is 15.5 Å². The highest BCUT2D eigenvalue weighted by molar-refractivity contribution is 7.09. The molecule has 4 aromatic carbocycles. The van der Waals surface area contributed by atoms with Crippen LogP contribution in [0.5, 0.6) is 23.0 Å². The first-order chi connectivity index (χ1) is 22.0. The molecule has 0 fully saturated rings. The van der Waals surface area contributed by atoms with E-state index in [4.69, 9.17) is 18.9 Å². The molecule has 0 bridgehead atoms. The molecule has 0 aliphatic carbocycles. The molecular weight excluding hydrogens is 586 g/mol. The van der Waals surface area contributed by atoms with Crippen LogP contribution in [0.2, 0.25) is 0 Å². The fraction of sp³-hybridized carbons (Fsp3) is 0.194. The number of aromatic nitrogens is 1. The van der Waals surface area contributed by atoms with Crippen molar-refractivity contribution in [1.82, 2.24) is 10.4 Å². The van der Waals surface area contributed by atoms with Crippen LogP contribution >= 0.6 is 11.3 Å². The summed E-state index contributed by atoms with van der Waals surface area (Å²) >= 11 is 1.59. The number of benzene rings is 4. The molecule has 1 amide bonds. The molecule has 5 rings (SSSR count). The molecular formula is C36H35N3O5S. The van der Waals surface area contributed by atoms with Gasteiger partial charge in [-0.15, -0.1) is 11.3 Å². The Morgan fingerprint density at radius 3 is 2.11 bits per heavy atom. The summed E-state index contributed by atoms with van der Waals surface area (Å²) in [6.07, 6.45) is 1.57. The van der Waals surface area contributed by atoms with E-state index in [1.165, 1.54) is 0 Å². The van der Waals surface area contributed by atoms with Crippen LogP contribution in [-0.2, 0) is 13.2 Å². The number of rotatable bonds is 14. The van der Waals surface area contributed by atoms with Gasteiger partial charge in [0.2, 0.25) is 0 Å². The van der Waals surface area contributed by atoms with Gasteiger partial charge in [-0.05, 0) is 79.9 Å². The molecule has 0 aliphatic heterocycles. The summed E-state index contributed by atoms with van der Waals surface area (Å²) in [5, 5.41) is 7.14. The number of carbonyl (C=O) groups excluding carboxylic acids is 1. The molecule has 0 unspecified atom stereocenters. The lowest BCUT2D eigenvalue weighted by Crippen LogP contribution is -2.17. The minimum atomic E-state index is -0.305. The minimum absolute atomic E-state index is 0.305. The third-order valence-electron chi connectivity index (χ3n) is 6.65. The largest absolute Gasteiger partial charge is 0.490 e. The lowest BCUT2D eigenvalue weighted by molar-refractivity contribution is 0.0955. The highest BCUT2D eigenvalue weighted by atomic mass is 32.1. The molecule has 0 atom stereocenters. The van der Waals surface area contributed by atoms with Crippen molar-refractivity contribution in [3.05, 3.63) is 124 Å². The van der Waals surface area contributed by atoms with E-state index < -0.39 is 0 Å². The van der Waals surface area contributed by atoms with Gasteiger partial charge in [-0.2, -0.15) is 5.10 Å². The fourth-order valence-corrected chi connectivity index (χ4v) is 5.06. The zero-order chi connectivity index (χ0) is 31.4. The summed E-state index contributed by atoms with van der Waals surface area (Å²) in [6.45, 7) is 7.56. The second-order valence-corrected chi connectivity index (χ2v) is 11.0. The van der Waals surface area contributed by atoms with Crippen LogP contribution in [0.4, 0.5) is 0 Å². The summed E-state index contributed by atoms with van der Waals surface area (Å²) in [5.41, 5.74) is 7.71. The number of aryl methyl sites for hydroxylation is 1. The van der Waals surface area contributed by atoms with E-state index in [9.17, 15) is 4.79 Å². The summed E-state index contributed by atoms with van der Waals surface area (Å²) in [4.78, 5) is 17.1. The van der Waals surface area contributed by atoms with Crippen LogP contribution in [0.1, 0.15) is 45.9 Å². The first-order valence-corrected chi connectivity index (χ1v) is 15.6. The maximum absolute atomic E-state index is 12.6. The van der Waals surface area contributed by atoms with Crippen molar-refractivity contribution in [2.24, 2.45) is 5.10 Å². The molecule has 0 saturated carbocycles.